The van der Waals surface area contributed by atoms with Crippen LogP contribution in [0.3, 0.4) is 0 Å². The molecular weight excluding hydrogens is 278 g/mol. The van der Waals surface area contributed by atoms with Crippen LogP contribution in [0.15, 0.2) is 54.6 Å². The zero-order valence-corrected chi connectivity index (χ0v) is 11.8. The minimum atomic E-state index is -0.898. The average Bonchev–Trinajstić information content (AvgIpc) is 2.57. The SMILES string of the molecule is O=CC(CO)NC(=O)c1c2ccccc2cc2ccccc12. The van der Waals surface area contributed by atoms with Crippen molar-refractivity contribution in [3.8, 4) is 0 Å². The van der Waals surface area contributed by atoms with E-state index in [1.807, 2.05) is 54.6 Å². The molecule has 0 saturated carbocycles. The van der Waals surface area contributed by atoms with Crippen molar-refractivity contribution in [1.29, 1.82) is 0 Å². The van der Waals surface area contributed by atoms with Gasteiger partial charge >= 0.3 is 0 Å². The molecule has 0 bridgehead atoms. The van der Waals surface area contributed by atoms with E-state index < -0.39 is 12.6 Å². The lowest BCUT2D eigenvalue weighted by Gasteiger charge is -2.14. The topological polar surface area (TPSA) is 66.4 Å². The maximum atomic E-state index is 12.6. The molecular formula is C18H15NO3. The number of nitrogens with one attached hydrogen (secondary N) is 1. The average molecular weight is 293 g/mol. The highest BCUT2D eigenvalue weighted by Crippen LogP contribution is 2.28. The van der Waals surface area contributed by atoms with Crippen LogP contribution in [0.2, 0.25) is 0 Å². The smallest absolute Gasteiger partial charge is 0.253 e. The molecule has 0 heterocycles. The van der Waals surface area contributed by atoms with E-state index in [2.05, 4.69) is 5.32 Å². The van der Waals surface area contributed by atoms with Crippen molar-refractivity contribution in [2.45, 2.75) is 6.04 Å². The molecule has 4 nitrogen and oxygen atoms in total. The summed E-state index contributed by atoms with van der Waals surface area (Å²) >= 11 is 0. The van der Waals surface area contributed by atoms with E-state index in [9.17, 15) is 9.59 Å². The van der Waals surface area contributed by atoms with Crippen LogP contribution in [-0.2, 0) is 4.79 Å². The second-order valence-corrected chi connectivity index (χ2v) is 5.09. The van der Waals surface area contributed by atoms with Crippen LogP contribution in [0.5, 0.6) is 0 Å². The van der Waals surface area contributed by atoms with Gasteiger partial charge in [0, 0.05) is 0 Å². The Kier molecular flexibility index (Phi) is 3.85. The third-order valence-corrected chi connectivity index (χ3v) is 3.68. The first-order chi connectivity index (χ1) is 10.7. The number of aldehydes is 1. The van der Waals surface area contributed by atoms with Gasteiger partial charge in [0.05, 0.1) is 12.2 Å². The maximum Gasteiger partial charge on any atom is 0.253 e. The zero-order chi connectivity index (χ0) is 15.5. The number of carbonyl (C=O) groups is 2. The molecule has 4 heteroatoms. The normalized spacial score (nSPS) is 12.2. The number of aliphatic hydroxyl groups excluding tert-OH is 1. The van der Waals surface area contributed by atoms with Gasteiger partial charge in [-0.2, -0.15) is 0 Å². The number of aliphatic hydroxyl groups is 1. The van der Waals surface area contributed by atoms with Gasteiger partial charge in [0.2, 0.25) is 0 Å². The van der Waals surface area contributed by atoms with E-state index in [1.165, 1.54) is 0 Å². The molecule has 1 atom stereocenters. The fourth-order valence-electron chi connectivity index (χ4n) is 2.62. The first kappa shape index (κ1) is 14.2. The van der Waals surface area contributed by atoms with Crippen LogP contribution in [-0.4, -0.2) is 29.9 Å². The van der Waals surface area contributed by atoms with E-state index >= 15 is 0 Å². The summed E-state index contributed by atoms with van der Waals surface area (Å²) in [6.07, 6.45) is 0.533. The number of fused-ring (bicyclic) bond motifs is 2. The predicted molar refractivity (Wildman–Crippen MR) is 85.9 cm³/mol. The highest BCUT2D eigenvalue weighted by molar-refractivity contribution is 6.18. The van der Waals surface area contributed by atoms with Gasteiger partial charge < -0.3 is 15.2 Å². The lowest BCUT2D eigenvalue weighted by Crippen LogP contribution is -2.38. The highest BCUT2D eigenvalue weighted by Gasteiger charge is 2.17. The number of hydrogen-bond donors (Lipinski definition) is 2. The van der Waals surface area contributed by atoms with Crippen molar-refractivity contribution in [3.05, 3.63) is 60.2 Å². The molecule has 1 amide bonds. The Balaban J connectivity index is 2.24. The molecule has 1 unspecified atom stereocenters. The van der Waals surface area contributed by atoms with Crippen molar-refractivity contribution < 1.29 is 14.7 Å². The molecule has 3 aromatic carbocycles. The molecule has 3 aromatic rings. The molecule has 3 rings (SSSR count). The van der Waals surface area contributed by atoms with Gasteiger partial charge in [-0.1, -0.05) is 48.5 Å². The highest BCUT2D eigenvalue weighted by atomic mass is 16.3. The van der Waals surface area contributed by atoms with Crippen molar-refractivity contribution >= 4 is 33.7 Å². The summed E-state index contributed by atoms with van der Waals surface area (Å²) in [7, 11) is 0. The van der Waals surface area contributed by atoms with Crippen molar-refractivity contribution in [3.63, 3.8) is 0 Å². The summed E-state index contributed by atoms with van der Waals surface area (Å²) in [6, 6.07) is 16.4. The monoisotopic (exact) mass is 293 g/mol. The van der Waals surface area contributed by atoms with Gasteiger partial charge in [0.25, 0.3) is 5.91 Å². The first-order valence-electron chi connectivity index (χ1n) is 7.02. The van der Waals surface area contributed by atoms with E-state index in [-0.39, 0.29) is 5.91 Å². The summed E-state index contributed by atoms with van der Waals surface area (Å²) in [6.45, 7) is -0.419. The van der Waals surface area contributed by atoms with Crippen LogP contribution >= 0.6 is 0 Å². The molecule has 22 heavy (non-hydrogen) atoms. The largest absolute Gasteiger partial charge is 0.394 e. The van der Waals surface area contributed by atoms with Gasteiger partial charge in [-0.15, -0.1) is 0 Å². The number of hydrogen-bond acceptors (Lipinski definition) is 3. The fraction of sp³-hybridized carbons (Fsp3) is 0.111. The Bertz CT molecular complexity index is 803. The summed E-state index contributed by atoms with van der Waals surface area (Å²) in [5, 5.41) is 15.2. The number of amides is 1. The Morgan fingerprint density at radius 2 is 1.59 bits per heavy atom. The molecule has 2 N–H and O–H groups in total. The lowest BCUT2D eigenvalue weighted by atomic mass is 9.96. The third-order valence-electron chi connectivity index (χ3n) is 3.68. The summed E-state index contributed by atoms with van der Waals surface area (Å²) in [5.41, 5.74) is 0.522. The Morgan fingerprint density at radius 3 is 2.09 bits per heavy atom. The number of rotatable bonds is 4. The van der Waals surface area contributed by atoms with Gasteiger partial charge in [-0.25, -0.2) is 0 Å². The van der Waals surface area contributed by atoms with Crippen molar-refractivity contribution in [2.24, 2.45) is 0 Å². The van der Waals surface area contributed by atoms with Gasteiger partial charge in [-0.05, 0) is 27.6 Å². The molecule has 0 spiro atoms. The molecule has 0 aromatic heterocycles. The van der Waals surface area contributed by atoms with Gasteiger partial charge in [0.15, 0.2) is 0 Å². The molecule has 0 saturated heterocycles. The Labute approximate surface area is 127 Å². The molecule has 110 valence electrons. The minimum absolute atomic E-state index is 0.362. The minimum Gasteiger partial charge on any atom is -0.394 e. The summed E-state index contributed by atoms with van der Waals surface area (Å²) < 4.78 is 0. The quantitative estimate of drug-likeness (QED) is 0.573. The number of carbonyl (C=O) groups excluding carboxylic acids is 2. The molecule has 0 radical (unpaired) electrons. The fourth-order valence-corrected chi connectivity index (χ4v) is 2.62. The van der Waals surface area contributed by atoms with Gasteiger partial charge in [-0.3, -0.25) is 4.79 Å². The summed E-state index contributed by atoms with van der Waals surface area (Å²) in [5.74, 6) is -0.362. The second kappa shape index (κ2) is 5.95. The van der Waals surface area contributed by atoms with Crippen LogP contribution in [0.25, 0.3) is 21.5 Å². The summed E-state index contributed by atoms with van der Waals surface area (Å²) in [4.78, 5) is 23.5. The van der Waals surface area contributed by atoms with Crippen molar-refractivity contribution in [1.82, 2.24) is 5.32 Å². The van der Waals surface area contributed by atoms with E-state index in [0.29, 0.717) is 11.8 Å². The van der Waals surface area contributed by atoms with Crippen LogP contribution < -0.4 is 5.32 Å². The lowest BCUT2D eigenvalue weighted by molar-refractivity contribution is -0.110. The van der Waals surface area contributed by atoms with Crippen LogP contribution in [0.4, 0.5) is 0 Å². The van der Waals surface area contributed by atoms with E-state index in [1.54, 1.807) is 0 Å². The second-order valence-electron chi connectivity index (χ2n) is 5.09. The molecule has 0 fully saturated rings. The van der Waals surface area contributed by atoms with Crippen LogP contribution in [0.1, 0.15) is 10.4 Å². The third kappa shape index (κ3) is 2.44. The zero-order valence-electron chi connectivity index (χ0n) is 11.8. The van der Waals surface area contributed by atoms with Gasteiger partial charge in [0.1, 0.15) is 12.3 Å². The Morgan fingerprint density at radius 1 is 1.05 bits per heavy atom. The van der Waals surface area contributed by atoms with E-state index in [4.69, 9.17) is 5.11 Å². The predicted octanol–water partition coefficient (Wildman–Crippen LogP) is 2.28. The molecule has 0 aliphatic heterocycles. The van der Waals surface area contributed by atoms with E-state index in [0.717, 1.165) is 21.5 Å². The molecule has 0 aliphatic carbocycles. The number of benzene rings is 3. The standard InChI is InChI=1S/C18H15NO3/c20-10-14(11-21)19-18(22)17-15-7-3-1-5-12(15)9-13-6-2-4-8-16(13)17/h1-10,14,21H,11H2,(H,19,22). The van der Waals surface area contributed by atoms with Crippen LogP contribution in [0, 0.1) is 0 Å². The molecule has 0 aliphatic rings. The first-order valence-corrected chi connectivity index (χ1v) is 7.02. The Hall–Kier alpha value is -2.72. The van der Waals surface area contributed by atoms with Crippen molar-refractivity contribution in [2.75, 3.05) is 6.61 Å². The maximum absolute atomic E-state index is 12.6.